The Balaban J connectivity index is 2.34. The number of benzene rings is 1. The third kappa shape index (κ3) is 4.53. The molecule has 0 aliphatic carbocycles. The summed E-state index contributed by atoms with van der Waals surface area (Å²) in [5, 5.41) is 3.70. The first-order valence-corrected chi connectivity index (χ1v) is 5.96. The highest BCUT2D eigenvalue weighted by Crippen LogP contribution is 2.27. The minimum absolute atomic E-state index is 0.179. The number of carbonyl (C=O) groups excluding carboxylic acids is 1. The maximum atomic E-state index is 11.1. The molecule has 0 aliphatic rings. The van der Waals surface area contributed by atoms with Crippen molar-refractivity contribution in [2.75, 3.05) is 24.2 Å². The molecule has 0 atom stereocenters. The van der Waals surface area contributed by atoms with E-state index in [0.717, 1.165) is 5.69 Å². The Labute approximate surface area is 106 Å². The lowest BCUT2D eigenvalue weighted by atomic mass is 10.2. The lowest BCUT2D eigenvalue weighted by molar-refractivity contribution is -0.143. The monoisotopic (exact) mass is 256 g/mol. The molecule has 0 heterocycles. The molecular formula is C12H17ClN2O2. The summed E-state index contributed by atoms with van der Waals surface area (Å²) in [5.41, 5.74) is 7.10. The van der Waals surface area contributed by atoms with E-state index < -0.39 is 0 Å². The van der Waals surface area contributed by atoms with Crippen LogP contribution in [0.4, 0.5) is 11.4 Å². The molecule has 1 aromatic rings. The van der Waals surface area contributed by atoms with E-state index in [-0.39, 0.29) is 5.97 Å². The zero-order valence-corrected chi connectivity index (χ0v) is 10.6. The summed E-state index contributed by atoms with van der Waals surface area (Å²) < 4.78 is 4.82. The minimum Gasteiger partial charge on any atom is -0.466 e. The zero-order valence-electron chi connectivity index (χ0n) is 9.83. The topological polar surface area (TPSA) is 64.3 Å². The molecule has 94 valence electrons. The standard InChI is InChI=1S/C12H17ClN2O2/c1-2-17-11(16)7-4-8-15-12-9(13)5-3-6-10(12)14/h3,5-6,15H,2,4,7-8,14H2,1H3. The number of ether oxygens (including phenoxy) is 1. The molecule has 0 bridgehead atoms. The fraction of sp³-hybridized carbons (Fsp3) is 0.417. The van der Waals surface area contributed by atoms with Gasteiger partial charge in [-0.25, -0.2) is 0 Å². The lowest BCUT2D eigenvalue weighted by Gasteiger charge is -2.10. The second-order valence-electron chi connectivity index (χ2n) is 3.54. The van der Waals surface area contributed by atoms with Crippen molar-refractivity contribution < 1.29 is 9.53 Å². The van der Waals surface area contributed by atoms with Gasteiger partial charge < -0.3 is 15.8 Å². The van der Waals surface area contributed by atoms with E-state index in [1.165, 1.54) is 0 Å². The number of hydrogen-bond acceptors (Lipinski definition) is 4. The van der Waals surface area contributed by atoms with Crippen LogP contribution in [0.15, 0.2) is 18.2 Å². The molecular weight excluding hydrogens is 240 g/mol. The van der Waals surface area contributed by atoms with Crippen molar-refractivity contribution in [3.63, 3.8) is 0 Å². The smallest absolute Gasteiger partial charge is 0.305 e. The summed E-state index contributed by atoms with van der Waals surface area (Å²) in [4.78, 5) is 11.1. The fourth-order valence-electron chi connectivity index (χ4n) is 1.41. The highest BCUT2D eigenvalue weighted by Gasteiger charge is 2.04. The third-order valence-corrected chi connectivity index (χ3v) is 2.53. The van der Waals surface area contributed by atoms with E-state index >= 15 is 0 Å². The van der Waals surface area contributed by atoms with Crippen LogP contribution in [0.2, 0.25) is 5.02 Å². The van der Waals surface area contributed by atoms with Gasteiger partial charge >= 0.3 is 5.97 Å². The summed E-state index contributed by atoms with van der Waals surface area (Å²) >= 11 is 5.99. The van der Waals surface area contributed by atoms with Crippen molar-refractivity contribution in [1.29, 1.82) is 0 Å². The Morgan fingerprint density at radius 3 is 2.94 bits per heavy atom. The van der Waals surface area contributed by atoms with Gasteiger partial charge in [-0.05, 0) is 25.5 Å². The number of rotatable bonds is 6. The molecule has 0 amide bonds. The number of hydrogen-bond donors (Lipinski definition) is 2. The van der Waals surface area contributed by atoms with E-state index in [4.69, 9.17) is 22.1 Å². The molecule has 3 N–H and O–H groups in total. The third-order valence-electron chi connectivity index (χ3n) is 2.21. The van der Waals surface area contributed by atoms with Crippen LogP contribution in [0, 0.1) is 0 Å². The predicted octanol–water partition coefficient (Wildman–Crippen LogP) is 2.68. The van der Waals surface area contributed by atoms with Crippen LogP contribution >= 0.6 is 11.6 Å². The van der Waals surface area contributed by atoms with Gasteiger partial charge in [0, 0.05) is 13.0 Å². The summed E-state index contributed by atoms with van der Waals surface area (Å²) in [6.45, 7) is 2.84. The van der Waals surface area contributed by atoms with E-state index in [0.29, 0.717) is 36.7 Å². The molecule has 0 aliphatic heterocycles. The Morgan fingerprint density at radius 1 is 1.53 bits per heavy atom. The number of carbonyl (C=O) groups is 1. The van der Waals surface area contributed by atoms with Crippen molar-refractivity contribution in [2.45, 2.75) is 19.8 Å². The molecule has 1 rings (SSSR count). The number of nitrogens with one attached hydrogen (secondary N) is 1. The van der Waals surface area contributed by atoms with Crippen LogP contribution < -0.4 is 11.1 Å². The SMILES string of the molecule is CCOC(=O)CCCNc1c(N)cccc1Cl. The number of anilines is 2. The van der Waals surface area contributed by atoms with Crippen molar-refractivity contribution in [3.05, 3.63) is 23.2 Å². The van der Waals surface area contributed by atoms with Gasteiger partial charge in [0.05, 0.1) is 23.0 Å². The Morgan fingerprint density at radius 2 is 2.29 bits per heavy atom. The van der Waals surface area contributed by atoms with E-state index in [1.807, 2.05) is 0 Å². The number of nitrogens with two attached hydrogens (primary N) is 1. The number of esters is 1. The maximum Gasteiger partial charge on any atom is 0.305 e. The average Bonchev–Trinajstić information content (AvgIpc) is 2.28. The number of nitrogen functional groups attached to an aromatic ring is 1. The lowest BCUT2D eigenvalue weighted by Crippen LogP contribution is -2.09. The molecule has 0 aromatic heterocycles. The van der Waals surface area contributed by atoms with Crippen molar-refractivity contribution in [2.24, 2.45) is 0 Å². The van der Waals surface area contributed by atoms with Crippen LogP contribution in [-0.2, 0) is 9.53 Å². The molecule has 5 heteroatoms. The van der Waals surface area contributed by atoms with Gasteiger partial charge in [0.25, 0.3) is 0 Å². The van der Waals surface area contributed by atoms with Gasteiger partial charge in [-0.1, -0.05) is 17.7 Å². The maximum absolute atomic E-state index is 11.1. The fourth-order valence-corrected chi connectivity index (χ4v) is 1.66. The molecule has 0 unspecified atom stereocenters. The largest absolute Gasteiger partial charge is 0.466 e. The molecule has 17 heavy (non-hydrogen) atoms. The highest BCUT2D eigenvalue weighted by molar-refractivity contribution is 6.33. The van der Waals surface area contributed by atoms with Crippen LogP contribution in [0.25, 0.3) is 0 Å². The number of halogens is 1. The second kappa shape index (κ2) is 7.01. The van der Waals surface area contributed by atoms with Gasteiger partial charge in [0.2, 0.25) is 0 Å². The molecule has 4 nitrogen and oxygen atoms in total. The van der Waals surface area contributed by atoms with Crippen molar-refractivity contribution in [3.8, 4) is 0 Å². The van der Waals surface area contributed by atoms with Crippen molar-refractivity contribution >= 4 is 28.9 Å². The summed E-state index contributed by atoms with van der Waals surface area (Å²) in [7, 11) is 0. The van der Waals surface area contributed by atoms with Crippen LogP contribution in [0.5, 0.6) is 0 Å². The number of para-hydroxylation sites is 1. The van der Waals surface area contributed by atoms with Crippen LogP contribution in [0.1, 0.15) is 19.8 Å². The quantitative estimate of drug-likeness (QED) is 0.467. The average molecular weight is 257 g/mol. The van der Waals surface area contributed by atoms with Crippen LogP contribution in [-0.4, -0.2) is 19.1 Å². The van der Waals surface area contributed by atoms with Gasteiger partial charge in [-0.2, -0.15) is 0 Å². The van der Waals surface area contributed by atoms with E-state index in [2.05, 4.69) is 5.32 Å². The Bertz CT molecular complexity index is 363. The van der Waals surface area contributed by atoms with Gasteiger partial charge in [0.15, 0.2) is 0 Å². The summed E-state index contributed by atoms with van der Waals surface area (Å²) in [5.74, 6) is -0.179. The second-order valence-corrected chi connectivity index (χ2v) is 3.95. The van der Waals surface area contributed by atoms with Crippen molar-refractivity contribution in [1.82, 2.24) is 0 Å². The van der Waals surface area contributed by atoms with E-state index in [1.54, 1.807) is 25.1 Å². The Hall–Kier alpha value is -1.42. The summed E-state index contributed by atoms with van der Waals surface area (Å²) in [6, 6.07) is 5.34. The first kappa shape index (κ1) is 13.6. The highest BCUT2D eigenvalue weighted by atomic mass is 35.5. The predicted molar refractivity (Wildman–Crippen MR) is 70.2 cm³/mol. The van der Waals surface area contributed by atoms with Gasteiger partial charge in [-0.15, -0.1) is 0 Å². The minimum atomic E-state index is -0.179. The van der Waals surface area contributed by atoms with Crippen LogP contribution in [0.3, 0.4) is 0 Å². The van der Waals surface area contributed by atoms with Gasteiger partial charge in [-0.3, -0.25) is 4.79 Å². The molecule has 0 radical (unpaired) electrons. The first-order valence-electron chi connectivity index (χ1n) is 5.58. The zero-order chi connectivity index (χ0) is 12.7. The molecule has 0 saturated heterocycles. The molecule has 0 fully saturated rings. The molecule has 0 spiro atoms. The van der Waals surface area contributed by atoms with E-state index in [9.17, 15) is 4.79 Å². The first-order chi connectivity index (χ1) is 8.15. The summed E-state index contributed by atoms with van der Waals surface area (Å²) in [6.07, 6.45) is 1.08. The molecule has 1 aromatic carbocycles. The normalized spacial score (nSPS) is 10.0. The Kier molecular flexibility index (Phi) is 5.63. The van der Waals surface area contributed by atoms with Gasteiger partial charge in [0.1, 0.15) is 0 Å². The molecule has 0 saturated carbocycles.